The summed E-state index contributed by atoms with van der Waals surface area (Å²) < 4.78 is 3.39. The molecule has 0 bridgehead atoms. The van der Waals surface area contributed by atoms with Crippen molar-refractivity contribution in [2.24, 2.45) is 0 Å². The van der Waals surface area contributed by atoms with Crippen molar-refractivity contribution in [1.82, 2.24) is 35.0 Å². The Morgan fingerprint density at radius 3 is 2.49 bits per heavy atom. The molecule has 0 aliphatic rings. The van der Waals surface area contributed by atoms with Gasteiger partial charge in [-0.25, -0.2) is 14.6 Å². The van der Waals surface area contributed by atoms with Crippen molar-refractivity contribution >= 4 is 6.08 Å². The van der Waals surface area contributed by atoms with Crippen LogP contribution in [0.4, 0.5) is 0 Å². The summed E-state index contributed by atoms with van der Waals surface area (Å²) >= 11 is 0. The topological polar surface area (TPSA) is 94.3 Å². The maximum absolute atomic E-state index is 13.1. The molecule has 1 N–H and O–H groups in total. The fraction of sp³-hybridized carbons (Fsp3) is 0.370. The van der Waals surface area contributed by atoms with E-state index in [0.29, 0.717) is 24.7 Å². The Balaban J connectivity index is 1.51. The number of nitrogens with one attached hydrogen (secondary N) is 1. The molecule has 2 aromatic heterocycles. The number of benzene rings is 2. The Morgan fingerprint density at radius 2 is 1.74 bits per heavy atom. The number of aryl methyl sites for hydroxylation is 1. The predicted molar refractivity (Wildman–Crippen MR) is 139 cm³/mol. The molecule has 8 nitrogen and oxygen atoms in total. The minimum atomic E-state index is -0.0475. The maximum atomic E-state index is 13.1. The van der Waals surface area contributed by atoms with E-state index in [-0.39, 0.29) is 5.69 Å². The van der Waals surface area contributed by atoms with Gasteiger partial charge in [0.15, 0.2) is 11.6 Å². The van der Waals surface area contributed by atoms with Gasteiger partial charge in [-0.05, 0) is 52.1 Å². The summed E-state index contributed by atoms with van der Waals surface area (Å²) in [7, 11) is 0. The van der Waals surface area contributed by atoms with E-state index in [1.54, 1.807) is 9.25 Å². The van der Waals surface area contributed by atoms with Crippen LogP contribution >= 0.6 is 0 Å². The van der Waals surface area contributed by atoms with Crippen LogP contribution in [0.25, 0.3) is 28.6 Å². The number of H-pyrrole nitrogens is 1. The zero-order valence-electron chi connectivity index (χ0n) is 20.5. The van der Waals surface area contributed by atoms with Crippen LogP contribution in [-0.2, 0) is 13.1 Å². The lowest BCUT2D eigenvalue weighted by molar-refractivity contribution is 0.515. The summed E-state index contributed by atoms with van der Waals surface area (Å²) in [6.07, 6.45) is 10.7. The Kier molecular flexibility index (Phi) is 8.38. The molecule has 8 heteroatoms. The minimum Gasteiger partial charge on any atom is -0.271 e. The molecule has 0 spiro atoms. The zero-order chi connectivity index (χ0) is 24.5. The lowest BCUT2D eigenvalue weighted by Gasteiger charge is -2.07. The van der Waals surface area contributed by atoms with Gasteiger partial charge in [-0.2, -0.15) is 5.10 Å². The van der Waals surface area contributed by atoms with Gasteiger partial charge in [0, 0.05) is 12.1 Å². The fourth-order valence-corrected chi connectivity index (χ4v) is 4.08. The number of tetrazole rings is 1. The second-order valence-electron chi connectivity index (χ2n) is 8.70. The van der Waals surface area contributed by atoms with Gasteiger partial charge in [-0.15, -0.1) is 5.10 Å². The molecule has 2 heterocycles. The van der Waals surface area contributed by atoms with Gasteiger partial charge in [0.2, 0.25) is 0 Å². The molecule has 0 fully saturated rings. The molecule has 4 aromatic rings. The van der Waals surface area contributed by atoms with Crippen molar-refractivity contribution in [2.45, 2.75) is 65.5 Å². The van der Waals surface area contributed by atoms with E-state index < -0.39 is 0 Å². The van der Waals surface area contributed by atoms with E-state index in [1.165, 1.54) is 19.3 Å². The SMILES string of the molecule is CCC=Cc1nn(CCCCCCC)c(=O)n1Cc1ccc(-c2cccc(-c3nnn[nH]3)c2)cc1. The molecule has 0 atom stereocenters. The smallest absolute Gasteiger partial charge is 0.271 e. The second kappa shape index (κ2) is 12.1. The van der Waals surface area contributed by atoms with E-state index in [1.807, 2.05) is 24.3 Å². The van der Waals surface area contributed by atoms with E-state index in [2.05, 4.69) is 76.0 Å². The molecule has 2 aromatic carbocycles. The third-order valence-electron chi connectivity index (χ3n) is 6.04. The molecule has 0 saturated heterocycles. The third kappa shape index (κ3) is 6.20. The van der Waals surface area contributed by atoms with Gasteiger partial charge < -0.3 is 0 Å². The number of allylic oxidation sites excluding steroid dienone is 1. The van der Waals surface area contributed by atoms with Crippen LogP contribution in [0.3, 0.4) is 0 Å². The van der Waals surface area contributed by atoms with E-state index in [9.17, 15) is 4.79 Å². The summed E-state index contributed by atoms with van der Waals surface area (Å²) in [5.74, 6) is 1.35. The molecule has 4 rings (SSSR count). The molecule has 35 heavy (non-hydrogen) atoms. The van der Waals surface area contributed by atoms with Crippen LogP contribution in [0.15, 0.2) is 59.4 Å². The second-order valence-corrected chi connectivity index (χ2v) is 8.70. The highest BCUT2D eigenvalue weighted by Crippen LogP contribution is 2.24. The third-order valence-corrected chi connectivity index (χ3v) is 6.04. The summed E-state index contributed by atoms with van der Waals surface area (Å²) in [4.78, 5) is 13.1. The highest BCUT2D eigenvalue weighted by Gasteiger charge is 2.12. The average molecular weight is 472 g/mol. The molecule has 0 radical (unpaired) electrons. The summed E-state index contributed by atoms with van der Waals surface area (Å²) in [6, 6.07) is 16.4. The van der Waals surface area contributed by atoms with Gasteiger partial charge in [-0.3, -0.25) is 4.57 Å². The van der Waals surface area contributed by atoms with Gasteiger partial charge in [0.25, 0.3) is 0 Å². The fourth-order valence-electron chi connectivity index (χ4n) is 4.08. The van der Waals surface area contributed by atoms with Gasteiger partial charge in [-0.1, -0.05) is 88.1 Å². The highest BCUT2D eigenvalue weighted by molar-refractivity contribution is 5.70. The Bertz CT molecular complexity index is 1280. The molecule has 182 valence electrons. The standard InChI is InChI=1S/C27H33N7O/c1-3-5-7-8-9-18-34-27(35)33(25(30-34)13-6-4-2)20-21-14-16-22(17-15-21)23-11-10-12-24(19-23)26-28-31-32-29-26/h6,10-17,19H,3-5,7-9,18,20H2,1-2H3,(H,28,29,31,32). The lowest BCUT2D eigenvalue weighted by Crippen LogP contribution is -2.25. The van der Waals surface area contributed by atoms with Crippen LogP contribution in [0.2, 0.25) is 0 Å². The van der Waals surface area contributed by atoms with Crippen LogP contribution in [0, 0.1) is 0 Å². The molecule has 0 saturated carbocycles. The van der Waals surface area contributed by atoms with E-state index in [4.69, 9.17) is 0 Å². The number of nitrogens with zero attached hydrogens (tertiary/aromatic N) is 6. The zero-order valence-corrected chi connectivity index (χ0v) is 20.5. The number of aromatic amines is 1. The van der Waals surface area contributed by atoms with Gasteiger partial charge >= 0.3 is 5.69 Å². The van der Waals surface area contributed by atoms with Crippen LogP contribution in [0.1, 0.15) is 63.8 Å². The first-order valence-corrected chi connectivity index (χ1v) is 12.5. The van der Waals surface area contributed by atoms with Gasteiger partial charge in [0.05, 0.1) is 6.54 Å². The lowest BCUT2D eigenvalue weighted by atomic mass is 10.0. The van der Waals surface area contributed by atoms with Crippen LogP contribution in [-0.4, -0.2) is 35.0 Å². The van der Waals surface area contributed by atoms with Crippen molar-refractivity contribution in [3.05, 3.63) is 76.5 Å². The molecule has 0 aliphatic carbocycles. The molecular formula is C27H33N7O. The number of rotatable bonds is 12. The molecule has 0 unspecified atom stereocenters. The average Bonchev–Trinajstić information content (AvgIpc) is 3.53. The first-order valence-electron chi connectivity index (χ1n) is 12.5. The first kappa shape index (κ1) is 24.3. The van der Waals surface area contributed by atoms with Crippen molar-refractivity contribution in [1.29, 1.82) is 0 Å². The quantitative estimate of drug-likeness (QED) is 0.282. The number of hydrogen-bond acceptors (Lipinski definition) is 5. The molecule has 0 aliphatic heterocycles. The van der Waals surface area contributed by atoms with Gasteiger partial charge in [0.1, 0.15) is 0 Å². The Hall–Kier alpha value is -3.81. The summed E-state index contributed by atoms with van der Waals surface area (Å²) in [6.45, 7) is 5.44. The summed E-state index contributed by atoms with van der Waals surface area (Å²) in [5.41, 5.74) is 4.10. The van der Waals surface area contributed by atoms with Crippen molar-refractivity contribution in [3.63, 3.8) is 0 Å². The Morgan fingerprint density at radius 1 is 0.943 bits per heavy atom. The van der Waals surface area contributed by atoms with Crippen molar-refractivity contribution < 1.29 is 0 Å². The number of unbranched alkanes of at least 4 members (excludes halogenated alkanes) is 4. The van der Waals surface area contributed by atoms with E-state index >= 15 is 0 Å². The highest BCUT2D eigenvalue weighted by atomic mass is 16.2. The monoisotopic (exact) mass is 471 g/mol. The molecular weight excluding hydrogens is 438 g/mol. The van der Waals surface area contributed by atoms with Crippen LogP contribution < -0.4 is 5.69 Å². The van der Waals surface area contributed by atoms with Crippen LogP contribution in [0.5, 0.6) is 0 Å². The molecule has 0 amide bonds. The Labute approximate surface area is 205 Å². The maximum Gasteiger partial charge on any atom is 0.346 e. The number of hydrogen-bond donors (Lipinski definition) is 1. The van der Waals surface area contributed by atoms with Crippen molar-refractivity contribution in [2.75, 3.05) is 0 Å². The largest absolute Gasteiger partial charge is 0.346 e. The van der Waals surface area contributed by atoms with E-state index in [0.717, 1.165) is 41.5 Å². The first-order chi connectivity index (χ1) is 17.2. The predicted octanol–water partition coefficient (Wildman–Crippen LogP) is 5.33. The number of aromatic nitrogens is 7. The van der Waals surface area contributed by atoms with Crippen molar-refractivity contribution in [3.8, 4) is 22.5 Å². The normalized spacial score (nSPS) is 11.5. The summed E-state index contributed by atoms with van der Waals surface area (Å²) in [5, 5.41) is 18.7. The minimum absolute atomic E-state index is 0.0475.